The van der Waals surface area contributed by atoms with E-state index < -0.39 is 0 Å². The van der Waals surface area contributed by atoms with Gasteiger partial charge in [0.1, 0.15) is 6.29 Å². The van der Waals surface area contributed by atoms with Gasteiger partial charge in [0.25, 0.3) is 0 Å². The van der Waals surface area contributed by atoms with Gasteiger partial charge in [-0.25, -0.2) is 0 Å². The van der Waals surface area contributed by atoms with Crippen LogP contribution >= 0.6 is 0 Å². The van der Waals surface area contributed by atoms with Crippen molar-refractivity contribution < 1.29 is 4.79 Å². The van der Waals surface area contributed by atoms with E-state index in [9.17, 15) is 4.79 Å². The molecule has 0 aliphatic heterocycles. The first-order valence-corrected chi connectivity index (χ1v) is 4.34. The highest BCUT2D eigenvalue weighted by molar-refractivity contribution is 5.48. The molecule has 0 heterocycles. The van der Waals surface area contributed by atoms with Crippen LogP contribution in [0.4, 0.5) is 0 Å². The third kappa shape index (κ3) is 9.41. The number of rotatable bonds is 6. The minimum atomic E-state index is 0.731. The Morgan fingerprint density at radius 2 is 1.73 bits per heavy atom. The van der Waals surface area contributed by atoms with Crippen molar-refractivity contribution in [2.24, 2.45) is 0 Å². The number of hydrogen-bond acceptors (Lipinski definition) is 1. The summed E-state index contributed by atoms with van der Waals surface area (Å²) in [5.41, 5.74) is 1.39. The van der Waals surface area contributed by atoms with E-state index in [2.05, 4.69) is 19.9 Å². The molecule has 1 heteroatoms. The zero-order valence-electron chi connectivity index (χ0n) is 7.60. The lowest BCUT2D eigenvalue weighted by atomic mass is 10.1. The van der Waals surface area contributed by atoms with E-state index in [4.69, 9.17) is 0 Å². The average Bonchev–Trinajstić information content (AvgIpc) is 1.96. The Morgan fingerprint density at radius 1 is 1.09 bits per heavy atom. The molecule has 0 unspecified atom stereocenters. The standard InChI is InChI=1S/C10H18O/c1-10(2)8-6-4-3-5-7-9-11/h8-9H,3-7H2,1-2H3. The van der Waals surface area contributed by atoms with Gasteiger partial charge < -0.3 is 4.79 Å². The normalized spacial score (nSPS) is 9.27. The Morgan fingerprint density at radius 3 is 2.27 bits per heavy atom. The van der Waals surface area contributed by atoms with Gasteiger partial charge in [0, 0.05) is 6.42 Å². The van der Waals surface area contributed by atoms with Gasteiger partial charge in [0.15, 0.2) is 0 Å². The first-order valence-electron chi connectivity index (χ1n) is 4.34. The number of carbonyl (C=O) groups excluding carboxylic acids is 1. The molecule has 0 saturated carbocycles. The monoisotopic (exact) mass is 154 g/mol. The van der Waals surface area contributed by atoms with E-state index in [1.54, 1.807) is 0 Å². The van der Waals surface area contributed by atoms with Crippen LogP contribution in [-0.2, 0) is 4.79 Å². The molecular formula is C10H18O. The molecule has 0 aromatic rings. The average molecular weight is 154 g/mol. The molecule has 0 aromatic heterocycles. The van der Waals surface area contributed by atoms with Crippen molar-refractivity contribution in [3.8, 4) is 0 Å². The van der Waals surface area contributed by atoms with Crippen LogP contribution in [0.15, 0.2) is 11.6 Å². The number of carbonyl (C=O) groups is 1. The van der Waals surface area contributed by atoms with Crippen LogP contribution in [0.3, 0.4) is 0 Å². The van der Waals surface area contributed by atoms with Gasteiger partial charge in [0.2, 0.25) is 0 Å². The Balaban J connectivity index is 3.02. The van der Waals surface area contributed by atoms with Crippen LogP contribution in [0, 0.1) is 0 Å². The highest BCUT2D eigenvalue weighted by Crippen LogP contribution is 2.04. The second-order valence-corrected chi connectivity index (χ2v) is 3.09. The molecule has 0 fully saturated rings. The Kier molecular flexibility index (Phi) is 7.11. The van der Waals surface area contributed by atoms with Crippen molar-refractivity contribution in [3.63, 3.8) is 0 Å². The maximum absolute atomic E-state index is 9.93. The summed E-state index contributed by atoms with van der Waals surface area (Å²) in [5, 5.41) is 0. The van der Waals surface area contributed by atoms with Crippen molar-refractivity contribution in [2.75, 3.05) is 0 Å². The Bertz CT molecular complexity index is 121. The van der Waals surface area contributed by atoms with Crippen molar-refractivity contribution in [1.29, 1.82) is 0 Å². The summed E-state index contributed by atoms with van der Waals surface area (Å²) in [5.74, 6) is 0. The number of unbranched alkanes of at least 4 members (excludes halogenated alkanes) is 4. The summed E-state index contributed by atoms with van der Waals surface area (Å²) >= 11 is 0. The van der Waals surface area contributed by atoms with Gasteiger partial charge >= 0.3 is 0 Å². The molecule has 0 spiro atoms. The predicted octanol–water partition coefficient (Wildman–Crippen LogP) is 3.10. The summed E-state index contributed by atoms with van der Waals surface area (Å²) in [7, 11) is 0. The first kappa shape index (κ1) is 10.4. The van der Waals surface area contributed by atoms with Crippen LogP contribution in [0.5, 0.6) is 0 Å². The topological polar surface area (TPSA) is 17.1 Å². The van der Waals surface area contributed by atoms with E-state index >= 15 is 0 Å². The van der Waals surface area contributed by atoms with Gasteiger partial charge in [-0.05, 0) is 33.1 Å². The maximum Gasteiger partial charge on any atom is 0.119 e. The molecule has 0 bridgehead atoms. The van der Waals surface area contributed by atoms with Crippen molar-refractivity contribution >= 4 is 6.29 Å². The minimum Gasteiger partial charge on any atom is -0.303 e. The maximum atomic E-state index is 9.93. The molecule has 0 aliphatic carbocycles. The Hall–Kier alpha value is -0.590. The molecule has 0 rings (SSSR count). The first-order chi connectivity index (χ1) is 5.27. The molecule has 64 valence electrons. The fraction of sp³-hybridized carbons (Fsp3) is 0.700. The summed E-state index contributed by atoms with van der Waals surface area (Å²) in [6.45, 7) is 4.23. The molecule has 0 radical (unpaired) electrons. The second-order valence-electron chi connectivity index (χ2n) is 3.09. The second kappa shape index (κ2) is 7.52. The molecule has 0 saturated heterocycles. The highest BCUT2D eigenvalue weighted by Gasteiger charge is 1.86. The molecule has 1 nitrogen and oxygen atoms in total. The summed E-state index contributed by atoms with van der Waals surface area (Å²) in [6.07, 6.45) is 8.61. The zero-order valence-corrected chi connectivity index (χ0v) is 7.60. The summed E-state index contributed by atoms with van der Waals surface area (Å²) < 4.78 is 0. The molecule has 0 aliphatic rings. The van der Waals surface area contributed by atoms with Crippen LogP contribution in [0.25, 0.3) is 0 Å². The van der Waals surface area contributed by atoms with Crippen LogP contribution in [-0.4, -0.2) is 6.29 Å². The number of hydrogen-bond donors (Lipinski definition) is 0. The van der Waals surface area contributed by atoms with Gasteiger partial charge in [-0.2, -0.15) is 0 Å². The fourth-order valence-electron chi connectivity index (χ4n) is 0.940. The molecule has 0 N–H and O–H groups in total. The fourth-order valence-corrected chi connectivity index (χ4v) is 0.940. The lowest BCUT2D eigenvalue weighted by Crippen LogP contribution is -1.78. The smallest absolute Gasteiger partial charge is 0.119 e. The third-order valence-electron chi connectivity index (χ3n) is 1.58. The van der Waals surface area contributed by atoms with Crippen molar-refractivity contribution in [2.45, 2.75) is 46.0 Å². The van der Waals surface area contributed by atoms with Crippen molar-refractivity contribution in [1.82, 2.24) is 0 Å². The van der Waals surface area contributed by atoms with E-state index in [0.717, 1.165) is 19.1 Å². The molecular weight excluding hydrogens is 136 g/mol. The van der Waals surface area contributed by atoms with E-state index in [0.29, 0.717) is 0 Å². The van der Waals surface area contributed by atoms with Crippen LogP contribution < -0.4 is 0 Å². The van der Waals surface area contributed by atoms with Gasteiger partial charge in [0.05, 0.1) is 0 Å². The number of aldehydes is 1. The largest absolute Gasteiger partial charge is 0.303 e. The predicted molar refractivity (Wildman–Crippen MR) is 48.6 cm³/mol. The summed E-state index contributed by atoms with van der Waals surface area (Å²) in [6, 6.07) is 0. The van der Waals surface area contributed by atoms with E-state index in [-0.39, 0.29) is 0 Å². The third-order valence-corrected chi connectivity index (χ3v) is 1.58. The molecule has 0 aromatic carbocycles. The van der Waals surface area contributed by atoms with Crippen LogP contribution in [0.2, 0.25) is 0 Å². The van der Waals surface area contributed by atoms with Gasteiger partial charge in [-0.3, -0.25) is 0 Å². The molecule has 0 atom stereocenters. The van der Waals surface area contributed by atoms with Gasteiger partial charge in [-0.15, -0.1) is 0 Å². The lowest BCUT2D eigenvalue weighted by Gasteiger charge is -1.94. The van der Waals surface area contributed by atoms with Crippen molar-refractivity contribution in [3.05, 3.63) is 11.6 Å². The zero-order chi connectivity index (χ0) is 8.53. The molecule has 11 heavy (non-hydrogen) atoms. The Labute approximate surface area is 69.5 Å². The SMILES string of the molecule is CC(C)=CCCCCCC=O. The minimum absolute atomic E-state index is 0.731. The van der Waals surface area contributed by atoms with Crippen LogP contribution in [0.1, 0.15) is 46.0 Å². The van der Waals surface area contributed by atoms with E-state index in [1.807, 2.05) is 0 Å². The quantitative estimate of drug-likeness (QED) is 0.326. The van der Waals surface area contributed by atoms with Gasteiger partial charge in [-0.1, -0.05) is 18.1 Å². The lowest BCUT2D eigenvalue weighted by molar-refractivity contribution is -0.107. The summed E-state index contributed by atoms with van der Waals surface area (Å²) in [4.78, 5) is 9.93. The number of allylic oxidation sites excluding steroid dienone is 2. The molecule has 0 amide bonds. The van der Waals surface area contributed by atoms with E-state index in [1.165, 1.54) is 24.8 Å². The highest BCUT2D eigenvalue weighted by atomic mass is 16.1.